The lowest BCUT2D eigenvalue weighted by Gasteiger charge is -2.15. The lowest BCUT2D eigenvalue weighted by Crippen LogP contribution is -2.27. The number of fused-ring (bicyclic) bond motifs is 1. The standard InChI is InChI=1S/C11H14N4O3S/c1-3-14(2)19(17,18)9-5-4-6-15-10(9)8(7-13-15)11(12)16/h4-7H,3H2,1-2H3,(H2,12,16). The van der Waals surface area contributed by atoms with Gasteiger partial charge in [-0.15, -0.1) is 0 Å². The summed E-state index contributed by atoms with van der Waals surface area (Å²) in [6, 6.07) is 2.99. The Morgan fingerprint density at radius 1 is 1.53 bits per heavy atom. The molecule has 0 fully saturated rings. The van der Waals surface area contributed by atoms with Crippen molar-refractivity contribution < 1.29 is 13.2 Å². The molecule has 2 rings (SSSR count). The second-order valence-corrected chi connectivity index (χ2v) is 6.02. The van der Waals surface area contributed by atoms with Crippen LogP contribution in [0.3, 0.4) is 0 Å². The number of pyridine rings is 1. The fraction of sp³-hybridized carbons (Fsp3) is 0.273. The van der Waals surface area contributed by atoms with E-state index in [1.165, 1.54) is 28.1 Å². The first kappa shape index (κ1) is 13.5. The molecule has 0 aromatic carbocycles. The topological polar surface area (TPSA) is 97.8 Å². The van der Waals surface area contributed by atoms with Gasteiger partial charge in [0, 0.05) is 19.8 Å². The van der Waals surface area contributed by atoms with Gasteiger partial charge in [-0.2, -0.15) is 5.10 Å². The molecule has 0 unspecified atom stereocenters. The Kier molecular flexibility index (Phi) is 3.29. The van der Waals surface area contributed by atoms with Crippen molar-refractivity contribution in [3.63, 3.8) is 0 Å². The van der Waals surface area contributed by atoms with Crippen molar-refractivity contribution in [2.45, 2.75) is 11.8 Å². The molecule has 0 aliphatic rings. The molecule has 19 heavy (non-hydrogen) atoms. The Labute approximate surface area is 110 Å². The highest BCUT2D eigenvalue weighted by Gasteiger charge is 2.25. The minimum atomic E-state index is -3.68. The van der Waals surface area contributed by atoms with Gasteiger partial charge >= 0.3 is 0 Å². The van der Waals surface area contributed by atoms with Crippen LogP contribution in [0.15, 0.2) is 29.4 Å². The number of carbonyl (C=O) groups excluding carboxylic acids is 1. The average Bonchev–Trinajstić information content (AvgIpc) is 2.81. The lowest BCUT2D eigenvalue weighted by atomic mass is 10.2. The van der Waals surface area contributed by atoms with Crippen molar-refractivity contribution in [1.29, 1.82) is 0 Å². The number of nitrogens with zero attached hydrogens (tertiary/aromatic N) is 3. The minimum absolute atomic E-state index is 0.0191. The van der Waals surface area contributed by atoms with Crippen LogP contribution in [0.5, 0.6) is 0 Å². The molecule has 2 aromatic heterocycles. The van der Waals surface area contributed by atoms with E-state index in [0.717, 1.165) is 0 Å². The number of primary amides is 1. The fourth-order valence-electron chi connectivity index (χ4n) is 1.74. The van der Waals surface area contributed by atoms with Gasteiger partial charge in [-0.05, 0) is 12.1 Å². The van der Waals surface area contributed by atoms with Gasteiger partial charge in [0.2, 0.25) is 10.0 Å². The third-order valence-corrected chi connectivity index (χ3v) is 4.87. The van der Waals surface area contributed by atoms with Gasteiger partial charge in [0.25, 0.3) is 5.91 Å². The van der Waals surface area contributed by atoms with Gasteiger partial charge in [0.15, 0.2) is 0 Å². The SMILES string of the molecule is CCN(C)S(=O)(=O)c1cccn2ncc(C(N)=O)c12. The summed E-state index contributed by atoms with van der Waals surface area (Å²) in [5.74, 6) is -0.711. The molecule has 0 radical (unpaired) electrons. The number of aromatic nitrogens is 2. The predicted octanol–water partition coefficient (Wildman–Crippen LogP) is 0.0736. The Hall–Kier alpha value is -1.93. The molecule has 0 saturated carbocycles. The molecule has 2 N–H and O–H groups in total. The van der Waals surface area contributed by atoms with Gasteiger partial charge in [-0.1, -0.05) is 6.92 Å². The molecule has 7 nitrogen and oxygen atoms in total. The lowest BCUT2D eigenvalue weighted by molar-refractivity contribution is 0.100. The van der Waals surface area contributed by atoms with Crippen molar-refractivity contribution in [3.05, 3.63) is 30.1 Å². The minimum Gasteiger partial charge on any atom is -0.365 e. The van der Waals surface area contributed by atoms with Crippen LogP contribution in [0.25, 0.3) is 5.52 Å². The van der Waals surface area contributed by atoms with Crippen molar-refractivity contribution in [3.8, 4) is 0 Å². The molecule has 0 atom stereocenters. The highest BCUT2D eigenvalue weighted by Crippen LogP contribution is 2.23. The molecule has 102 valence electrons. The highest BCUT2D eigenvalue weighted by atomic mass is 32.2. The Bertz CT molecular complexity index is 735. The van der Waals surface area contributed by atoms with Crippen LogP contribution in [-0.4, -0.2) is 41.8 Å². The maximum atomic E-state index is 12.4. The van der Waals surface area contributed by atoms with E-state index in [4.69, 9.17) is 5.73 Å². The van der Waals surface area contributed by atoms with Crippen LogP contribution >= 0.6 is 0 Å². The van der Waals surface area contributed by atoms with E-state index in [-0.39, 0.29) is 16.0 Å². The van der Waals surface area contributed by atoms with Gasteiger partial charge in [0.1, 0.15) is 4.90 Å². The summed E-state index contributed by atoms with van der Waals surface area (Å²) in [6.07, 6.45) is 2.83. The second-order valence-electron chi connectivity index (χ2n) is 4.01. The number of amides is 1. The summed E-state index contributed by atoms with van der Waals surface area (Å²) >= 11 is 0. The van der Waals surface area contributed by atoms with E-state index in [1.54, 1.807) is 19.2 Å². The molecule has 0 saturated heterocycles. The second kappa shape index (κ2) is 4.63. The zero-order chi connectivity index (χ0) is 14.2. The van der Waals surface area contributed by atoms with Gasteiger partial charge in [-0.3, -0.25) is 4.79 Å². The summed E-state index contributed by atoms with van der Waals surface area (Å²) in [6.45, 7) is 2.05. The Morgan fingerprint density at radius 3 is 2.79 bits per heavy atom. The smallest absolute Gasteiger partial charge is 0.252 e. The molecule has 8 heteroatoms. The van der Waals surface area contributed by atoms with E-state index in [0.29, 0.717) is 6.54 Å². The number of hydrogen-bond acceptors (Lipinski definition) is 4. The molecule has 0 aliphatic heterocycles. The number of carbonyl (C=O) groups is 1. The molecule has 0 aliphatic carbocycles. The molecule has 0 spiro atoms. The van der Waals surface area contributed by atoms with Crippen LogP contribution in [0.2, 0.25) is 0 Å². The number of sulfonamides is 1. The van der Waals surface area contributed by atoms with Crippen LogP contribution in [0.4, 0.5) is 0 Å². The Balaban J connectivity index is 2.81. The number of hydrogen-bond donors (Lipinski definition) is 1. The van der Waals surface area contributed by atoms with Crippen LogP contribution in [0, 0.1) is 0 Å². The maximum Gasteiger partial charge on any atom is 0.252 e. The number of rotatable bonds is 4. The van der Waals surface area contributed by atoms with Gasteiger partial charge < -0.3 is 5.73 Å². The van der Waals surface area contributed by atoms with E-state index in [9.17, 15) is 13.2 Å². The monoisotopic (exact) mass is 282 g/mol. The summed E-state index contributed by atoms with van der Waals surface area (Å²) < 4.78 is 27.3. The fourth-order valence-corrected chi connectivity index (χ4v) is 3.11. The van der Waals surface area contributed by atoms with Crippen LogP contribution < -0.4 is 5.73 Å². The molecule has 1 amide bonds. The normalized spacial score (nSPS) is 12.2. The summed E-state index contributed by atoms with van der Waals surface area (Å²) in [4.78, 5) is 11.4. The third kappa shape index (κ3) is 2.08. The zero-order valence-electron chi connectivity index (χ0n) is 10.6. The zero-order valence-corrected chi connectivity index (χ0v) is 11.4. The van der Waals surface area contributed by atoms with Crippen molar-refractivity contribution in [1.82, 2.24) is 13.9 Å². The molecular weight excluding hydrogens is 268 g/mol. The van der Waals surface area contributed by atoms with E-state index >= 15 is 0 Å². The van der Waals surface area contributed by atoms with Gasteiger partial charge in [-0.25, -0.2) is 17.2 Å². The van der Waals surface area contributed by atoms with E-state index in [2.05, 4.69) is 5.10 Å². The first-order valence-electron chi connectivity index (χ1n) is 5.62. The first-order valence-corrected chi connectivity index (χ1v) is 7.06. The maximum absolute atomic E-state index is 12.4. The van der Waals surface area contributed by atoms with E-state index < -0.39 is 15.9 Å². The van der Waals surface area contributed by atoms with Crippen molar-refractivity contribution in [2.75, 3.05) is 13.6 Å². The Morgan fingerprint density at radius 2 is 2.21 bits per heavy atom. The molecule has 0 bridgehead atoms. The number of nitrogens with two attached hydrogens (primary N) is 1. The van der Waals surface area contributed by atoms with Crippen LogP contribution in [-0.2, 0) is 10.0 Å². The first-order chi connectivity index (χ1) is 8.89. The third-order valence-electron chi connectivity index (χ3n) is 2.90. The average molecular weight is 282 g/mol. The summed E-state index contributed by atoms with van der Waals surface area (Å²) in [5.41, 5.74) is 5.54. The van der Waals surface area contributed by atoms with Crippen LogP contribution in [0.1, 0.15) is 17.3 Å². The quantitative estimate of drug-likeness (QED) is 0.858. The molecule has 2 aromatic rings. The van der Waals surface area contributed by atoms with Gasteiger partial charge in [0.05, 0.1) is 17.3 Å². The van der Waals surface area contributed by atoms with E-state index in [1.807, 2.05) is 0 Å². The highest BCUT2D eigenvalue weighted by molar-refractivity contribution is 7.89. The van der Waals surface area contributed by atoms with Crippen molar-refractivity contribution >= 4 is 21.4 Å². The molecule has 2 heterocycles. The largest absolute Gasteiger partial charge is 0.365 e. The predicted molar refractivity (Wildman–Crippen MR) is 69.2 cm³/mol. The molecular formula is C11H14N4O3S. The summed E-state index contributed by atoms with van der Waals surface area (Å²) in [5, 5.41) is 3.93. The summed E-state index contributed by atoms with van der Waals surface area (Å²) in [7, 11) is -2.21. The van der Waals surface area contributed by atoms with Crippen molar-refractivity contribution in [2.24, 2.45) is 5.73 Å².